The van der Waals surface area contributed by atoms with Crippen LogP contribution in [0.15, 0.2) is 48.5 Å². The first-order chi connectivity index (χ1) is 12.9. The number of nitrogens with zero attached hydrogens (tertiary/aromatic N) is 1. The Morgan fingerprint density at radius 1 is 1.07 bits per heavy atom. The van der Waals surface area contributed by atoms with Gasteiger partial charge in [-0.2, -0.15) is 4.31 Å². The van der Waals surface area contributed by atoms with E-state index in [2.05, 4.69) is 5.32 Å². The number of anilines is 1. The van der Waals surface area contributed by atoms with E-state index in [0.29, 0.717) is 30.4 Å². The molecule has 1 amide bonds. The molecule has 8 heteroatoms. The van der Waals surface area contributed by atoms with E-state index in [9.17, 15) is 13.2 Å². The molecule has 0 aromatic heterocycles. The molecule has 0 saturated heterocycles. The molecule has 0 spiro atoms. The summed E-state index contributed by atoms with van der Waals surface area (Å²) in [4.78, 5) is 12.3. The second-order valence-corrected chi connectivity index (χ2v) is 8.22. The first kappa shape index (κ1) is 19.2. The lowest BCUT2D eigenvalue weighted by molar-refractivity contribution is -0.116. The van der Waals surface area contributed by atoms with Crippen molar-refractivity contribution in [3.05, 3.63) is 54.1 Å². The fraction of sp³-hybridized carbons (Fsp3) is 0.316. The average molecular weight is 390 g/mol. The van der Waals surface area contributed by atoms with Crippen molar-refractivity contribution >= 4 is 21.6 Å². The van der Waals surface area contributed by atoms with Gasteiger partial charge in [0.25, 0.3) is 0 Å². The lowest BCUT2D eigenvalue weighted by atomic mass is 10.2. The largest absolute Gasteiger partial charge is 0.486 e. The van der Waals surface area contributed by atoms with Crippen LogP contribution in [0.25, 0.3) is 0 Å². The molecule has 27 heavy (non-hydrogen) atoms. The zero-order chi connectivity index (χ0) is 19.3. The van der Waals surface area contributed by atoms with Crippen LogP contribution in [0.4, 0.5) is 5.69 Å². The zero-order valence-electron chi connectivity index (χ0n) is 15.1. The second kappa shape index (κ2) is 8.41. The number of rotatable bonds is 7. The number of hydrogen-bond donors (Lipinski definition) is 1. The average Bonchev–Trinajstić information content (AvgIpc) is 2.65. The van der Waals surface area contributed by atoms with Gasteiger partial charge in [-0.3, -0.25) is 4.79 Å². The van der Waals surface area contributed by atoms with E-state index < -0.39 is 10.0 Å². The maximum Gasteiger partial charge on any atom is 0.225 e. The Labute approximate surface area is 158 Å². The second-order valence-electron chi connectivity index (χ2n) is 6.24. The Morgan fingerprint density at radius 3 is 2.48 bits per heavy atom. The van der Waals surface area contributed by atoms with Crippen LogP contribution < -0.4 is 14.8 Å². The standard InChI is InChI=1S/C19H22N2O5S/c1-27(23,24)21(14-15-5-3-2-4-6-15)10-9-19(22)20-16-7-8-17-18(13-16)26-12-11-25-17/h2-8,13H,9-12,14H2,1H3,(H,20,22). The molecule has 144 valence electrons. The number of hydrogen-bond acceptors (Lipinski definition) is 5. The smallest absolute Gasteiger partial charge is 0.225 e. The van der Waals surface area contributed by atoms with Crippen molar-refractivity contribution in [1.82, 2.24) is 4.31 Å². The molecule has 0 fully saturated rings. The van der Waals surface area contributed by atoms with Gasteiger partial charge in [0, 0.05) is 31.3 Å². The Bertz CT molecular complexity index is 900. The molecule has 7 nitrogen and oxygen atoms in total. The first-order valence-electron chi connectivity index (χ1n) is 8.60. The number of amides is 1. The van der Waals surface area contributed by atoms with E-state index in [1.165, 1.54) is 4.31 Å². The maximum atomic E-state index is 12.3. The summed E-state index contributed by atoms with van der Waals surface area (Å²) in [5, 5.41) is 2.77. The van der Waals surface area contributed by atoms with E-state index in [4.69, 9.17) is 9.47 Å². The monoisotopic (exact) mass is 390 g/mol. The summed E-state index contributed by atoms with van der Waals surface area (Å²) in [6, 6.07) is 14.4. The van der Waals surface area contributed by atoms with Crippen LogP contribution in [0.3, 0.4) is 0 Å². The highest BCUT2D eigenvalue weighted by molar-refractivity contribution is 7.88. The molecule has 0 atom stereocenters. The number of benzene rings is 2. The first-order valence-corrected chi connectivity index (χ1v) is 10.5. The normalized spacial score (nSPS) is 13.4. The third-order valence-corrected chi connectivity index (χ3v) is 5.33. The molecule has 0 saturated carbocycles. The van der Waals surface area contributed by atoms with Gasteiger partial charge in [-0.25, -0.2) is 8.42 Å². The van der Waals surface area contributed by atoms with Crippen LogP contribution in [0.5, 0.6) is 11.5 Å². The van der Waals surface area contributed by atoms with Gasteiger partial charge in [-0.05, 0) is 17.7 Å². The Hall–Kier alpha value is -2.58. The summed E-state index contributed by atoms with van der Waals surface area (Å²) in [7, 11) is -3.43. The fourth-order valence-corrected chi connectivity index (χ4v) is 3.53. The number of ether oxygens (including phenoxy) is 2. The van der Waals surface area contributed by atoms with Crippen molar-refractivity contribution in [1.29, 1.82) is 0 Å². The molecule has 1 aliphatic rings. The van der Waals surface area contributed by atoms with Crippen LogP contribution in [0, 0.1) is 0 Å². The number of nitrogens with one attached hydrogen (secondary N) is 1. The van der Waals surface area contributed by atoms with Crippen LogP contribution in [0.2, 0.25) is 0 Å². The quantitative estimate of drug-likeness (QED) is 0.784. The molecule has 0 unspecified atom stereocenters. The van der Waals surface area contributed by atoms with Gasteiger partial charge in [0.1, 0.15) is 13.2 Å². The maximum absolute atomic E-state index is 12.3. The van der Waals surface area contributed by atoms with Crippen molar-refractivity contribution in [3.63, 3.8) is 0 Å². The molecule has 1 heterocycles. The summed E-state index contributed by atoms with van der Waals surface area (Å²) in [5.74, 6) is 0.958. The number of carbonyl (C=O) groups is 1. The topological polar surface area (TPSA) is 84.9 Å². The minimum absolute atomic E-state index is 0.0499. The van der Waals surface area contributed by atoms with E-state index >= 15 is 0 Å². The number of carbonyl (C=O) groups excluding carboxylic acids is 1. The highest BCUT2D eigenvalue weighted by Gasteiger charge is 2.19. The van der Waals surface area contributed by atoms with Crippen LogP contribution in [-0.4, -0.2) is 44.6 Å². The van der Waals surface area contributed by atoms with Crippen LogP contribution in [-0.2, 0) is 21.4 Å². The van der Waals surface area contributed by atoms with E-state index in [1.807, 2.05) is 30.3 Å². The number of fused-ring (bicyclic) bond motifs is 1. The summed E-state index contributed by atoms with van der Waals surface area (Å²) >= 11 is 0. The van der Waals surface area contributed by atoms with E-state index in [1.54, 1.807) is 18.2 Å². The van der Waals surface area contributed by atoms with Gasteiger partial charge in [0.05, 0.1) is 6.26 Å². The van der Waals surface area contributed by atoms with Crippen LogP contribution >= 0.6 is 0 Å². The zero-order valence-corrected chi connectivity index (χ0v) is 15.9. The molecule has 2 aromatic rings. The van der Waals surface area contributed by atoms with Gasteiger partial charge >= 0.3 is 0 Å². The van der Waals surface area contributed by atoms with Crippen LogP contribution in [0.1, 0.15) is 12.0 Å². The lowest BCUT2D eigenvalue weighted by Crippen LogP contribution is -2.32. The van der Waals surface area contributed by atoms with Gasteiger partial charge < -0.3 is 14.8 Å². The van der Waals surface area contributed by atoms with Gasteiger partial charge in [0.2, 0.25) is 15.9 Å². The molecule has 1 aliphatic heterocycles. The summed E-state index contributed by atoms with van der Waals surface area (Å²) < 4.78 is 36.3. The minimum Gasteiger partial charge on any atom is -0.486 e. The van der Waals surface area contributed by atoms with Crippen molar-refractivity contribution in [2.45, 2.75) is 13.0 Å². The van der Waals surface area contributed by atoms with Gasteiger partial charge in [-0.15, -0.1) is 0 Å². The SMILES string of the molecule is CS(=O)(=O)N(CCC(=O)Nc1ccc2c(c1)OCCO2)Cc1ccccc1. The molecule has 2 aromatic carbocycles. The lowest BCUT2D eigenvalue weighted by Gasteiger charge is -2.20. The third-order valence-electron chi connectivity index (χ3n) is 4.08. The molecule has 3 rings (SSSR count). The Kier molecular flexibility index (Phi) is 5.98. The predicted octanol–water partition coefficient (Wildman–Crippen LogP) is 2.25. The third kappa shape index (κ3) is 5.45. The minimum atomic E-state index is -3.43. The molecular weight excluding hydrogens is 368 g/mol. The molecule has 0 aliphatic carbocycles. The molecular formula is C19H22N2O5S. The molecule has 0 radical (unpaired) electrons. The van der Waals surface area contributed by atoms with Crippen molar-refractivity contribution in [3.8, 4) is 11.5 Å². The molecule has 0 bridgehead atoms. The summed E-state index contributed by atoms with van der Waals surface area (Å²) in [5.41, 5.74) is 1.45. The Balaban J connectivity index is 1.59. The predicted molar refractivity (Wildman–Crippen MR) is 102 cm³/mol. The summed E-state index contributed by atoms with van der Waals surface area (Å²) in [6.07, 6.45) is 1.20. The van der Waals surface area contributed by atoms with E-state index in [-0.39, 0.29) is 25.4 Å². The van der Waals surface area contributed by atoms with Gasteiger partial charge in [0.15, 0.2) is 11.5 Å². The molecule has 1 N–H and O–H groups in total. The van der Waals surface area contributed by atoms with Crippen molar-refractivity contribution in [2.24, 2.45) is 0 Å². The van der Waals surface area contributed by atoms with Crippen molar-refractivity contribution in [2.75, 3.05) is 31.3 Å². The Morgan fingerprint density at radius 2 is 1.78 bits per heavy atom. The van der Waals surface area contributed by atoms with Gasteiger partial charge in [-0.1, -0.05) is 30.3 Å². The number of sulfonamides is 1. The van der Waals surface area contributed by atoms with E-state index in [0.717, 1.165) is 11.8 Å². The summed E-state index contributed by atoms with van der Waals surface area (Å²) in [6.45, 7) is 1.30. The highest BCUT2D eigenvalue weighted by Crippen LogP contribution is 2.32. The highest BCUT2D eigenvalue weighted by atomic mass is 32.2. The fourth-order valence-electron chi connectivity index (χ4n) is 2.72. The van der Waals surface area contributed by atoms with Crippen molar-refractivity contribution < 1.29 is 22.7 Å².